The number of aromatic amines is 1. The van der Waals surface area contributed by atoms with Gasteiger partial charge in [0.15, 0.2) is 0 Å². The predicted molar refractivity (Wildman–Crippen MR) is 205 cm³/mol. The molecule has 0 saturated carbocycles. The van der Waals surface area contributed by atoms with Crippen molar-refractivity contribution in [3.63, 3.8) is 0 Å². The van der Waals surface area contributed by atoms with E-state index in [4.69, 9.17) is 26.8 Å². The molecule has 5 aromatic carbocycles. The first-order valence-electron chi connectivity index (χ1n) is 17.6. The van der Waals surface area contributed by atoms with Crippen LogP contribution in [0.3, 0.4) is 0 Å². The summed E-state index contributed by atoms with van der Waals surface area (Å²) in [5.74, 6) is 1.94. The molecule has 51 heavy (non-hydrogen) atoms. The molecule has 1 N–H and O–H groups in total. The van der Waals surface area contributed by atoms with Crippen LogP contribution in [-0.4, -0.2) is 29.3 Å². The molecule has 0 aliphatic heterocycles. The lowest BCUT2D eigenvalue weighted by molar-refractivity contribution is 0.513. The van der Waals surface area contributed by atoms with Crippen molar-refractivity contribution in [1.29, 1.82) is 0 Å². The van der Waals surface area contributed by atoms with Gasteiger partial charge in [-0.3, -0.25) is 0 Å². The van der Waals surface area contributed by atoms with Gasteiger partial charge in [0.05, 0.1) is 12.0 Å². The number of H-pyrrole nitrogens is 1. The van der Waals surface area contributed by atoms with Gasteiger partial charge in [0.25, 0.3) is 0 Å². The van der Waals surface area contributed by atoms with Crippen molar-refractivity contribution in [2.24, 2.45) is 0 Å². The number of fused-ring (bicyclic) bond motifs is 1. The second-order valence-corrected chi connectivity index (χ2v) is 13.5. The number of aryl methyl sites for hydroxylation is 3. The van der Waals surface area contributed by atoms with Crippen LogP contribution in [0.25, 0.3) is 10.9 Å². The van der Waals surface area contributed by atoms with E-state index in [-0.39, 0.29) is 0 Å². The van der Waals surface area contributed by atoms with Crippen molar-refractivity contribution in [3.8, 4) is 0 Å². The van der Waals surface area contributed by atoms with E-state index >= 15 is 0 Å². The summed E-state index contributed by atoms with van der Waals surface area (Å²) in [5, 5.41) is 11.4. The minimum Gasteiger partial charge on any atom is -0.358 e. The summed E-state index contributed by atoms with van der Waals surface area (Å²) in [6.45, 7) is 0.791. The molecule has 0 radical (unpaired) electrons. The Morgan fingerprint density at radius 2 is 1.27 bits per heavy atom. The lowest BCUT2D eigenvalue weighted by atomic mass is 9.77. The van der Waals surface area contributed by atoms with Crippen molar-refractivity contribution in [2.75, 3.05) is 0 Å². The molecule has 0 saturated heterocycles. The first-order chi connectivity index (χ1) is 25.2. The molecule has 0 atom stereocenters. The highest BCUT2D eigenvalue weighted by Crippen LogP contribution is 2.40. The predicted octanol–water partition coefficient (Wildman–Crippen LogP) is 9.46. The Labute approximate surface area is 303 Å². The van der Waals surface area contributed by atoms with Gasteiger partial charge in [-0.2, -0.15) is 0 Å². The molecule has 3 aromatic heterocycles. The number of imidazole rings is 1. The fourth-order valence-corrected chi connectivity index (χ4v) is 7.58. The number of nitrogens with one attached hydrogen (secondary N) is 1. The van der Waals surface area contributed by atoms with E-state index in [0.29, 0.717) is 6.42 Å². The van der Waals surface area contributed by atoms with Gasteiger partial charge in [-0.15, -0.1) is 10.2 Å². The standard InChI is InChI=1S/C44H39ClN6/c45-38-22-12-14-33(28-38)29-43-49-48-42(26-25-39-30-34-15-10-11-24-41(34)47-39)51(43)27-13-23-40-31-50(32-46-40)44(35-16-4-1-5-17-35,36-18-6-2-7-19-36)37-20-8-3-9-21-37/h1-12,14-22,24,28,30-32,47H,13,23,25-27,29H2. The molecule has 0 unspecified atom stereocenters. The molecule has 0 bridgehead atoms. The smallest absolute Gasteiger partial charge is 0.137 e. The zero-order valence-corrected chi connectivity index (χ0v) is 29.1. The Hall–Kier alpha value is -5.72. The van der Waals surface area contributed by atoms with E-state index in [0.717, 1.165) is 65.7 Å². The first kappa shape index (κ1) is 32.5. The minimum absolute atomic E-state index is 0.580. The summed E-state index contributed by atoms with van der Waals surface area (Å²) >= 11 is 6.35. The fourth-order valence-electron chi connectivity index (χ4n) is 7.37. The van der Waals surface area contributed by atoms with Crippen LogP contribution in [0.1, 0.15) is 51.7 Å². The molecule has 252 valence electrons. The average molecular weight is 687 g/mol. The van der Waals surface area contributed by atoms with Crippen LogP contribution in [0.15, 0.2) is 158 Å². The van der Waals surface area contributed by atoms with Crippen LogP contribution in [0, 0.1) is 0 Å². The molecule has 0 fully saturated rings. The molecule has 7 heteroatoms. The topological polar surface area (TPSA) is 64.3 Å². The third-order valence-corrected chi connectivity index (χ3v) is 10.0. The number of hydrogen-bond donors (Lipinski definition) is 1. The number of aromatic nitrogens is 6. The number of benzene rings is 5. The van der Waals surface area contributed by atoms with Crippen molar-refractivity contribution in [2.45, 2.75) is 44.2 Å². The third-order valence-electron chi connectivity index (χ3n) is 9.77. The van der Waals surface area contributed by atoms with Crippen molar-refractivity contribution in [1.82, 2.24) is 29.3 Å². The zero-order chi connectivity index (χ0) is 34.5. The van der Waals surface area contributed by atoms with Gasteiger partial charge in [-0.1, -0.05) is 133 Å². The minimum atomic E-state index is -0.580. The Balaban J connectivity index is 1.07. The van der Waals surface area contributed by atoms with Gasteiger partial charge in [0.2, 0.25) is 0 Å². The maximum Gasteiger partial charge on any atom is 0.137 e. The van der Waals surface area contributed by atoms with Gasteiger partial charge >= 0.3 is 0 Å². The number of rotatable bonds is 13. The van der Waals surface area contributed by atoms with E-state index in [1.54, 1.807) is 0 Å². The molecule has 0 amide bonds. The largest absolute Gasteiger partial charge is 0.358 e. The lowest BCUT2D eigenvalue weighted by Crippen LogP contribution is -2.36. The Morgan fingerprint density at radius 1 is 0.627 bits per heavy atom. The number of hydrogen-bond acceptors (Lipinski definition) is 3. The van der Waals surface area contributed by atoms with Crippen LogP contribution < -0.4 is 0 Å². The third kappa shape index (κ3) is 6.75. The molecule has 8 rings (SSSR count). The molecule has 0 aliphatic rings. The van der Waals surface area contributed by atoms with Crippen molar-refractivity contribution >= 4 is 22.5 Å². The number of nitrogens with zero attached hydrogens (tertiary/aromatic N) is 5. The fraction of sp³-hybridized carbons (Fsp3) is 0.159. The molecular formula is C44H39ClN6. The molecule has 0 spiro atoms. The average Bonchev–Trinajstić information content (AvgIpc) is 3.92. The summed E-state index contributed by atoms with van der Waals surface area (Å²) in [6.07, 6.45) is 8.25. The lowest BCUT2D eigenvalue weighted by Gasteiger charge is -2.37. The second kappa shape index (κ2) is 14.6. The molecule has 8 aromatic rings. The maximum absolute atomic E-state index is 6.35. The van der Waals surface area contributed by atoms with Crippen LogP contribution in [0.5, 0.6) is 0 Å². The first-order valence-corrected chi connectivity index (χ1v) is 18.0. The van der Waals surface area contributed by atoms with Crippen LogP contribution in [-0.2, 0) is 37.8 Å². The Bertz CT molecular complexity index is 2210. The highest BCUT2D eigenvalue weighted by molar-refractivity contribution is 6.30. The van der Waals surface area contributed by atoms with Crippen molar-refractivity contribution < 1.29 is 0 Å². The highest BCUT2D eigenvalue weighted by atomic mass is 35.5. The van der Waals surface area contributed by atoms with E-state index < -0.39 is 5.54 Å². The second-order valence-electron chi connectivity index (χ2n) is 13.1. The summed E-state index contributed by atoms with van der Waals surface area (Å²) < 4.78 is 4.60. The number of para-hydroxylation sites is 1. The van der Waals surface area contributed by atoms with Gasteiger partial charge in [-0.05, 0) is 71.2 Å². The van der Waals surface area contributed by atoms with Crippen LogP contribution in [0.4, 0.5) is 0 Å². The van der Waals surface area contributed by atoms with E-state index in [9.17, 15) is 0 Å². The zero-order valence-electron chi connectivity index (χ0n) is 28.4. The van der Waals surface area contributed by atoms with Crippen LogP contribution in [0.2, 0.25) is 5.02 Å². The molecule has 3 heterocycles. The van der Waals surface area contributed by atoms with E-state index in [1.807, 2.05) is 24.5 Å². The van der Waals surface area contributed by atoms with Gasteiger partial charge < -0.3 is 14.1 Å². The van der Waals surface area contributed by atoms with Gasteiger partial charge in [-0.25, -0.2) is 4.98 Å². The van der Waals surface area contributed by atoms with Gasteiger partial charge in [0, 0.05) is 41.8 Å². The maximum atomic E-state index is 6.35. The summed E-state index contributed by atoms with van der Waals surface area (Å²) in [5.41, 5.74) is 7.49. The Morgan fingerprint density at radius 3 is 1.94 bits per heavy atom. The van der Waals surface area contributed by atoms with Crippen LogP contribution >= 0.6 is 11.6 Å². The summed E-state index contributed by atoms with van der Waals surface area (Å²) in [6, 6.07) is 50.8. The quantitative estimate of drug-likeness (QED) is 0.123. The normalized spacial score (nSPS) is 11.7. The molecule has 6 nitrogen and oxygen atoms in total. The van der Waals surface area contributed by atoms with Crippen molar-refractivity contribution in [3.05, 3.63) is 208 Å². The molecular weight excluding hydrogens is 648 g/mol. The number of halogens is 1. The highest BCUT2D eigenvalue weighted by Gasteiger charge is 2.38. The monoisotopic (exact) mass is 686 g/mol. The Kier molecular flexibility index (Phi) is 9.32. The van der Waals surface area contributed by atoms with E-state index in [1.165, 1.54) is 27.8 Å². The summed E-state index contributed by atoms with van der Waals surface area (Å²) in [7, 11) is 0. The van der Waals surface area contributed by atoms with E-state index in [2.05, 4.69) is 148 Å². The SMILES string of the molecule is Clc1cccc(Cc2nnc(CCc3cc4ccccc4[nH]3)n2CCCc2cn(C(c3ccccc3)(c3ccccc3)c3ccccc3)cn2)c1. The molecule has 0 aliphatic carbocycles. The summed E-state index contributed by atoms with van der Waals surface area (Å²) in [4.78, 5) is 8.57. The van der Waals surface area contributed by atoms with Gasteiger partial charge in [0.1, 0.15) is 17.2 Å².